The molecule has 2 heterocycles. The summed E-state index contributed by atoms with van der Waals surface area (Å²) in [4.78, 5) is 35.9. The van der Waals surface area contributed by atoms with Crippen LogP contribution in [0.15, 0.2) is 15.8 Å². The first-order valence-corrected chi connectivity index (χ1v) is 7.46. The zero-order chi connectivity index (χ0) is 17.9. The van der Waals surface area contributed by atoms with Crippen molar-refractivity contribution in [1.82, 2.24) is 9.55 Å². The monoisotopic (exact) mass is 346 g/mol. The van der Waals surface area contributed by atoms with E-state index in [2.05, 4.69) is 4.98 Å². The van der Waals surface area contributed by atoms with Gasteiger partial charge in [0.1, 0.15) is 18.8 Å². The maximum Gasteiger partial charge on any atom is 0.330 e. The summed E-state index contributed by atoms with van der Waals surface area (Å²) in [5, 5.41) is 19.5. The van der Waals surface area contributed by atoms with Gasteiger partial charge in [-0.1, -0.05) is 0 Å². The average Bonchev–Trinajstić information content (AvgIpc) is 2.87. The fourth-order valence-electron chi connectivity index (χ4n) is 2.25. The van der Waals surface area contributed by atoms with Gasteiger partial charge >= 0.3 is 5.69 Å². The van der Waals surface area contributed by atoms with Crippen molar-refractivity contribution in [2.75, 3.05) is 20.3 Å². The number of aliphatic hydroxyl groups is 2. The second-order valence-corrected chi connectivity index (χ2v) is 5.61. The first-order chi connectivity index (χ1) is 11.4. The van der Waals surface area contributed by atoms with Crippen LogP contribution >= 0.6 is 0 Å². The highest BCUT2D eigenvalue weighted by Gasteiger charge is 2.46. The number of aromatic amines is 1. The molecule has 5 atom stereocenters. The zero-order valence-electron chi connectivity index (χ0n) is 13.7. The number of rotatable bonds is 7. The minimum atomic E-state index is -1.23. The molecule has 0 radical (unpaired) electrons. The van der Waals surface area contributed by atoms with Crippen LogP contribution in [0.5, 0.6) is 0 Å². The lowest BCUT2D eigenvalue weighted by Crippen LogP contribution is -2.40. The van der Waals surface area contributed by atoms with E-state index in [1.54, 1.807) is 6.92 Å². The van der Waals surface area contributed by atoms with Gasteiger partial charge in [-0.05, 0) is 13.8 Å². The van der Waals surface area contributed by atoms with E-state index in [0.717, 1.165) is 4.57 Å². The lowest BCUT2D eigenvalue weighted by atomic mass is 10.1. The second-order valence-electron chi connectivity index (χ2n) is 5.61. The van der Waals surface area contributed by atoms with Crippen molar-refractivity contribution in [3.8, 4) is 0 Å². The van der Waals surface area contributed by atoms with Gasteiger partial charge in [-0.3, -0.25) is 14.3 Å². The van der Waals surface area contributed by atoms with Crippen molar-refractivity contribution in [3.05, 3.63) is 32.6 Å². The number of aromatic nitrogens is 2. The molecule has 1 aromatic rings. The SMILES string of the molecule is COC(C)COOC1C(O)[C@H](CO)O[C@@H]1n1cc(C)c(=O)[nH]c1=O. The Balaban J connectivity index is 2.23. The molecule has 0 amide bonds. The molecule has 0 spiro atoms. The maximum absolute atomic E-state index is 12.0. The van der Waals surface area contributed by atoms with Gasteiger partial charge in [0, 0.05) is 18.9 Å². The number of hydrogen-bond acceptors (Lipinski definition) is 8. The molecule has 0 saturated carbocycles. The Bertz CT molecular complexity index is 657. The van der Waals surface area contributed by atoms with Gasteiger partial charge in [0.25, 0.3) is 5.56 Å². The number of aryl methyl sites for hydroxylation is 1. The molecule has 0 bridgehead atoms. The Hall–Kier alpha value is -1.56. The van der Waals surface area contributed by atoms with E-state index in [9.17, 15) is 19.8 Å². The van der Waals surface area contributed by atoms with E-state index >= 15 is 0 Å². The van der Waals surface area contributed by atoms with Crippen LogP contribution < -0.4 is 11.2 Å². The normalized spacial score (nSPS) is 28.2. The number of aliphatic hydroxyl groups excluding tert-OH is 2. The standard InChI is InChI=1S/C14H22N2O8/c1-7-4-16(14(20)15-12(7)19)13-11(10(18)9(5-17)23-13)24-22-6-8(2)21-3/h4,8-11,13,17-18H,5-6H2,1-3H3,(H,15,19,20)/t8?,9-,10?,11?,13-/m0/s1. The smallest absolute Gasteiger partial charge is 0.330 e. The lowest BCUT2D eigenvalue weighted by Gasteiger charge is -2.22. The largest absolute Gasteiger partial charge is 0.394 e. The molecule has 0 aliphatic carbocycles. The van der Waals surface area contributed by atoms with Crippen molar-refractivity contribution in [3.63, 3.8) is 0 Å². The van der Waals surface area contributed by atoms with Gasteiger partial charge < -0.3 is 19.7 Å². The molecule has 3 N–H and O–H groups in total. The molecule has 2 rings (SSSR count). The predicted molar refractivity (Wildman–Crippen MR) is 80.4 cm³/mol. The molecule has 0 aromatic carbocycles. The molecule has 1 aliphatic rings. The minimum absolute atomic E-state index is 0.0930. The van der Waals surface area contributed by atoms with Crippen LogP contribution in [0.2, 0.25) is 0 Å². The fraction of sp³-hybridized carbons (Fsp3) is 0.714. The minimum Gasteiger partial charge on any atom is -0.394 e. The molecule has 1 aromatic heterocycles. The van der Waals surface area contributed by atoms with E-state index in [1.807, 2.05) is 0 Å². The van der Waals surface area contributed by atoms with Crippen LogP contribution in [-0.2, 0) is 19.2 Å². The summed E-state index contributed by atoms with van der Waals surface area (Å²) in [6.07, 6.45) is -3.27. The third kappa shape index (κ3) is 3.91. The second kappa shape index (κ2) is 8.01. The summed E-state index contributed by atoms with van der Waals surface area (Å²) in [6, 6.07) is 0. The van der Waals surface area contributed by atoms with Crippen LogP contribution in [0.4, 0.5) is 0 Å². The number of methoxy groups -OCH3 is 1. The third-order valence-electron chi connectivity index (χ3n) is 3.80. The highest BCUT2D eigenvalue weighted by Crippen LogP contribution is 2.30. The van der Waals surface area contributed by atoms with Gasteiger partial charge in [0.15, 0.2) is 12.3 Å². The Kier molecular flexibility index (Phi) is 6.27. The predicted octanol–water partition coefficient (Wildman–Crippen LogP) is -1.55. The molecule has 1 saturated heterocycles. The number of H-pyrrole nitrogens is 1. The summed E-state index contributed by atoms with van der Waals surface area (Å²) < 4.78 is 11.6. The summed E-state index contributed by atoms with van der Waals surface area (Å²) in [6.45, 7) is 2.91. The highest BCUT2D eigenvalue weighted by molar-refractivity contribution is 5.03. The van der Waals surface area contributed by atoms with Gasteiger partial charge in [-0.15, -0.1) is 0 Å². The van der Waals surface area contributed by atoms with Crippen molar-refractivity contribution >= 4 is 0 Å². The van der Waals surface area contributed by atoms with E-state index in [1.165, 1.54) is 20.2 Å². The Morgan fingerprint density at radius 1 is 1.46 bits per heavy atom. The molecule has 10 heteroatoms. The van der Waals surface area contributed by atoms with Crippen molar-refractivity contribution in [2.24, 2.45) is 0 Å². The highest BCUT2D eigenvalue weighted by atomic mass is 17.2. The van der Waals surface area contributed by atoms with Crippen LogP contribution in [0, 0.1) is 6.92 Å². The van der Waals surface area contributed by atoms with E-state index in [4.69, 9.17) is 19.2 Å². The number of hydrogen-bond donors (Lipinski definition) is 3. The van der Waals surface area contributed by atoms with Crippen molar-refractivity contribution < 1.29 is 29.5 Å². The zero-order valence-corrected chi connectivity index (χ0v) is 13.7. The lowest BCUT2D eigenvalue weighted by molar-refractivity contribution is -0.352. The number of nitrogens with zero attached hydrogens (tertiary/aromatic N) is 1. The summed E-state index contributed by atoms with van der Waals surface area (Å²) in [7, 11) is 1.51. The van der Waals surface area contributed by atoms with Crippen LogP contribution in [-0.4, -0.2) is 64.5 Å². The number of ether oxygens (including phenoxy) is 2. The molecular formula is C14H22N2O8. The summed E-state index contributed by atoms with van der Waals surface area (Å²) in [5.74, 6) is 0. The van der Waals surface area contributed by atoms with Gasteiger partial charge in [0.05, 0.1) is 12.7 Å². The van der Waals surface area contributed by atoms with E-state index in [-0.39, 0.29) is 18.3 Å². The van der Waals surface area contributed by atoms with Gasteiger partial charge in [0.2, 0.25) is 0 Å². The van der Waals surface area contributed by atoms with Crippen LogP contribution in [0.1, 0.15) is 18.7 Å². The van der Waals surface area contributed by atoms with E-state index in [0.29, 0.717) is 0 Å². The molecule has 1 aliphatic heterocycles. The maximum atomic E-state index is 12.0. The average molecular weight is 346 g/mol. The van der Waals surface area contributed by atoms with Crippen LogP contribution in [0.3, 0.4) is 0 Å². The summed E-state index contributed by atoms with van der Waals surface area (Å²) >= 11 is 0. The first kappa shape index (κ1) is 18.8. The fourth-order valence-corrected chi connectivity index (χ4v) is 2.25. The quantitative estimate of drug-likeness (QED) is 0.399. The van der Waals surface area contributed by atoms with Gasteiger partial charge in [-0.2, -0.15) is 0 Å². The van der Waals surface area contributed by atoms with Crippen molar-refractivity contribution in [1.29, 1.82) is 0 Å². The molecule has 3 unspecified atom stereocenters. The number of nitrogens with one attached hydrogen (secondary N) is 1. The molecule has 24 heavy (non-hydrogen) atoms. The Morgan fingerprint density at radius 2 is 2.17 bits per heavy atom. The van der Waals surface area contributed by atoms with E-state index < -0.39 is 42.4 Å². The molecule has 10 nitrogen and oxygen atoms in total. The first-order valence-electron chi connectivity index (χ1n) is 7.46. The molecular weight excluding hydrogens is 324 g/mol. The topological polar surface area (TPSA) is 132 Å². The van der Waals surface area contributed by atoms with Crippen LogP contribution in [0.25, 0.3) is 0 Å². The third-order valence-corrected chi connectivity index (χ3v) is 3.80. The molecule has 1 fully saturated rings. The van der Waals surface area contributed by atoms with Crippen molar-refractivity contribution in [2.45, 2.75) is 44.5 Å². The molecule has 136 valence electrons. The Morgan fingerprint density at radius 3 is 2.79 bits per heavy atom. The van der Waals surface area contributed by atoms with Gasteiger partial charge in [-0.25, -0.2) is 14.6 Å². The summed E-state index contributed by atoms with van der Waals surface area (Å²) in [5.41, 5.74) is -0.954. The Labute approximate surface area is 137 Å².